The van der Waals surface area contributed by atoms with Crippen molar-refractivity contribution in [3.8, 4) is 0 Å². The van der Waals surface area contributed by atoms with Crippen molar-refractivity contribution in [2.75, 3.05) is 36.9 Å². The summed E-state index contributed by atoms with van der Waals surface area (Å²) < 4.78 is 0. The van der Waals surface area contributed by atoms with Crippen LogP contribution in [-0.2, 0) is 4.79 Å². The Balaban J connectivity index is 1.59. The molecule has 0 saturated carbocycles. The quantitative estimate of drug-likeness (QED) is 0.728. The minimum absolute atomic E-state index is 0.00945. The van der Waals surface area contributed by atoms with Gasteiger partial charge in [0.25, 0.3) is 0 Å². The molecule has 0 radical (unpaired) electrons. The number of nitrogens with one attached hydrogen (secondary N) is 3. The highest BCUT2D eigenvalue weighted by molar-refractivity contribution is 5.82. The molecule has 22 heavy (non-hydrogen) atoms. The number of carbonyl (C=O) groups is 1. The summed E-state index contributed by atoms with van der Waals surface area (Å²) in [5, 5.41) is 9.37. The zero-order chi connectivity index (χ0) is 15.4. The van der Waals surface area contributed by atoms with Crippen LogP contribution < -0.4 is 20.9 Å². The zero-order valence-electron chi connectivity index (χ0n) is 13.0. The number of hydrogen-bond acceptors (Lipinski definition) is 6. The van der Waals surface area contributed by atoms with E-state index in [0.29, 0.717) is 12.6 Å². The second kappa shape index (κ2) is 6.91. The number of aromatic nitrogens is 2. The van der Waals surface area contributed by atoms with Gasteiger partial charge in [-0.25, -0.2) is 9.97 Å². The smallest absolute Gasteiger partial charge is 0.237 e. The van der Waals surface area contributed by atoms with Crippen molar-refractivity contribution in [3.63, 3.8) is 0 Å². The van der Waals surface area contributed by atoms with Crippen molar-refractivity contribution in [2.45, 2.75) is 37.8 Å². The third-order valence-corrected chi connectivity index (χ3v) is 4.47. The molecule has 1 amide bonds. The molecular weight excluding hydrogens is 280 g/mol. The van der Waals surface area contributed by atoms with E-state index in [1.807, 2.05) is 13.1 Å². The van der Waals surface area contributed by atoms with Crippen molar-refractivity contribution < 1.29 is 4.79 Å². The minimum Gasteiger partial charge on any atom is -0.373 e. The molecule has 0 spiro atoms. The van der Waals surface area contributed by atoms with Gasteiger partial charge in [0.1, 0.15) is 18.0 Å². The molecule has 0 bridgehead atoms. The maximum Gasteiger partial charge on any atom is 0.237 e. The fourth-order valence-electron chi connectivity index (χ4n) is 3.24. The third kappa shape index (κ3) is 3.30. The molecule has 1 aromatic heterocycles. The maximum absolute atomic E-state index is 12.1. The van der Waals surface area contributed by atoms with E-state index in [1.54, 1.807) is 6.33 Å². The number of rotatable bonds is 5. The summed E-state index contributed by atoms with van der Waals surface area (Å²) in [6.45, 7) is 2.60. The van der Waals surface area contributed by atoms with Gasteiger partial charge in [0.15, 0.2) is 0 Å². The SMILES string of the molecule is CNc1cc(N2CCCC2CNC(=O)C2CCCN2)ncn1. The Kier molecular flexibility index (Phi) is 4.72. The van der Waals surface area contributed by atoms with Crippen LogP contribution in [0.2, 0.25) is 0 Å². The first-order valence-corrected chi connectivity index (χ1v) is 8.05. The zero-order valence-corrected chi connectivity index (χ0v) is 13.0. The van der Waals surface area contributed by atoms with Crippen molar-refractivity contribution in [3.05, 3.63) is 12.4 Å². The van der Waals surface area contributed by atoms with Gasteiger partial charge >= 0.3 is 0 Å². The van der Waals surface area contributed by atoms with Crippen LogP contribution in [-0.4, -0.2) is 54.6 Å². The molecule has 3 heterocycles. The highest BCUT2D eigenvalue weighted by Crippen LogP contribution is 2.24. The van der Waals surface area contributed by atoms with Gasteiger partial charge in [-0.05, 0) is 32.2 Å². The fraction of sp³-hybridized carbons (Fsp3) is 0.667. The van der Waals surface area contributed by atoms with Gasteiger partial charge in [0.2, 0.25) is 5.91 Å². The van der Waals surface area contributed by atoms with Crippen molar-refractivity contribution in [1.82, 2.24) is 20.6 Å². The lowest BCUT2D eigenvalue weighted by Crippen LogP contribution is -2.46. The van der Waals surface area contributed by atoms with E-state index in [1.165, 1.54) is 0 Å². The van der Waals surface area contributed by atoms with E-state index in [0.717, 1.165) is 50.4 Å². The summed E-state index contributed by atoms with van der Waals surface area (Å²) in [7, 11) is 1.85. The Hall–Kier alpha value is -1.89. The van der Waals surface area contributed by atoms with Crippen LogP contribution in [0.15, 0.2) is 12.4 Å². The summed E-state index contributed by atoms with van der Waals surface area (Å²) in [4.78, 5) is 22.9. The molecule has 3 rings (SSSR count). The molecular formula is C15H24N6O. The summed E-state index contributed by atoms with van der Waals surface area (Å²) >= 11 is 0. The van der Waals surface area contributed by atoms with E-state index in [9.17, 15) is 4.79 Å². The first-order chi connectivity index (χ1) is 10.8. The maximum atomic E-state index is 12.1. The monoisotopic (exact) mass is 304 g/mol. The van der Waals surface area contributed by atoms with Gasteiger partial charge in [0, 0.05) is 32.2 Å². The van der Waals surface area contributed by atoms with Gasteiger partial charge in [-0.3, -0.25) is 4.79 Å². The molecule has 0 aromatic carbocycles. The average molecular weight is 304 g/mol. The highest BCUT2D eigenvalue weighted by Gasteiger charge is 2.28. The molecule has 2 aliphatic heterocycles. The van der Waals surface area contributed by atoms with E-state index < -0.39 is 0 Å². The van der Waals surface area contributed by atoms with Crippen molar-refractivity contribution in [1.29, 1.82) is 0 Å². The van der Waals surface area contributed by atoms with E-state index in [2.05, 4.69) is 30.8 Å². The summed E-state index contributed by atoms with van der Waals surface area (Å²) in [5.74, 6) is 1.87. The standard InChI is InChI=1S/C15H24N6O/c1-16-13-8-14(20-10-19-13)21-7-3-4-11(21)9-18-15(22)12-5-2-6-17-12/h8,10-12,17H,2-7,9H2,1H3,(H,18,22)(H,16,19,20). The van der Waals surface area contributed by atoms with Crippen molar-refractivity contribution in [2.24, 2.45) is 0 Å². The van der Waals surface area contributed by atoms with E-state index >= 15 is 0 Å². The van der Waals surface area contributed by atoms with Crippen molar-refractivity contribution >= 4 is 17.5 Å². The Bertz CT molecular complexity index is 517. The lowest BCUT2D eigenvalue weighted by atomic mass is 10.2. The summed E-state index contributed by atoms with van der Waals surface area (Å²) in [6, 6.07) is 2.26. The second-order valence-corrected chi connectivity index (χ2v) is 5.89. The van der Waals surface area contributed by atoms with Crippen LogP contribution in [0.25, 0.3) is 0 Å². The van der Waals surface area contributed by atoms with Crippen LogP contribution in [0.1, 0.15) is 25.7 Å². The molecule has 7 heteroatoms. The lowest BCUT2D eigenvalue weighted by molar-refractivity contribution is -0.122. The number of carbonyl (C=O) groups excluding carboxylic acids is 1. The summed E-state index contributed by atoms with van der Waals surface area (Å²) in [6.07, 6.45) is 5.81. The molecule has 2 saturated heterocycles. The van der Waals surface area contributed by atoms with Crippen LogP contribution >= 0.6 is 0 Å². The molecule has 120 valence electrons. The van der Waals surface area contributed by atoms with Crippen LogP contribution in [0, 0.1) is 0 Å². The second-order valence-electron chi connectivity index (χ2n) is 5.89. The van der Waals surface area contributed by atoms with Gasteiger partial charge in [-0.1, -0.05) is 0 Å². The molecule has 2 atom stereocenters. The number of nitrogens with zero attached hydrogens (tertiary/aromatic N) is 3. The highest BCUT2D eigenvalue weighted by atomic mass is 16.2. The predicted molar refractivity (Wildman–Crippen MR) is 86.0 cm³/mol. The minimum atomic E-state index is -0.00945. The molecule has 0 aliphatic carbocycles. The normalized spacial score (nSPS) is 24.5. The number of amides is 1. The van der Waals surface area contributed by atoms with E-state index in [4.69, 9.17) is 0 Å². The van der Waals surface area contributed by atoms with Gasteiger partial charge in [-0.2, -0.15) is 0 Å². The largest absolute Gasteiger partial charge is 0.373 e. The van der Waals surface area contributed by atoms with Crippen LogP contribution in [0.4, 0.5) is 11.6 Å². The Morgan fingerprint density at radius 3 is 3.09 bits per heavy atom. The van der Waals surface area contributed by atoms with Gasteiger partial charge in [0.05, 0.1) is 6.04 Å². The van der Waals surface area contributed by atoms with Gasteiger partial charge in [-0.15, -0.1) is 0 Å². The molecule has 3 N–H and O–H groups in total. The predicted octanol–water partition coefficient (Wildman–Crippen LogP) is 0.355. The molecule has 1 aromatic rings. The average Bonchev–Trinajstić information content (AvgIpc) is 3.24. The van der Waals surface area contributed by atoms with E-state index in [-0.39, 0.29) is 11.9 Å². The Labute approximate surface area is 130 Å². The molecule has 2 aliphatic rings. The Morgan fingerprint density at radius 1 is 1.41 bits per heavy atom. The lowest BCUT2D eigenvalue weighted by Gasteiger charge is -2.26. The first kappa shape index (κ1) is 15.0. The number of anilines is 2. The van der Waals surface area contributed by atoms with Gasteiger partial charge < -0.3 is 20.9 Å². The third-order valence-electron chi connectivity index (χ3n) is 4.47. The first-order valence-electron chi connectivity index (χ1n) is 8.05. The molecule has 2 unspecified atom stereocenters. The fourth-order valence-corrected chi connectivity index (χ4v) is 3.24. The van der Waals surface area contributed by atoms with Crippen LogP contribution in [0.5, 0.6) is 0 Å². The Morgan fingerprint density at radius 2 is 2.32 bits per heavy atom. The summed E-state index contributed by atoms with van der Waals surface area (Å²) in [5.41, 5.74) is 0. The molecule has 2 fully saturated rings. The molecule has 7 nitrogen and oxygen atoms in total. The van der Waals surface area contributed by atoms with Crippen LogP contribution in [0.3, 0.4) is 0 Å². The topological polar surface area (TPSA) is 82.2 Å². The number of hydrogen-bond donors (Lipinski definition) is 3.